The minimum Gasteiger partial charge on any atom is -0.484 e. The summed E-state index contributed by atoms with van der Waals surface area (Å²) in [5.41, 5.74) is 2.64. The Morgan fingerprint density at radius 2 is 1.73 bits per heavy atom. The van der Waals surface area contributed by atoms with Crippen molar-refractivity contribution < 1.29 is 24.2 Å². The van der Waals surface area contributed by atoms with Crippen molar-refractivity contribution in [3.63, 3.8) is 0 Å². The summed E-state index contributed by atoms with van der Waals surface area (Å²) < 4.78 is 10.2. The topological polar surface area (TPSA) is 148 Å². The van der Waals surface area contributed by atoms with Gasteiger partial charge in [-0.25, -0.2) is 0 Å². The molecule has 12 heteroatoms. The van der Waals surface area contributed by atoms with Gasteiger partial charge >= 0.3 is 5.97 Å². The zero-order valence-electron chi connectivity index (χ0n) is 22.7. The second-order valence-corrected chi connectivity index (χ2v) is 10.3. The van der Waals surface area contributed by atoms with Crippen molar-refractivity contribution in [3.05, 3.63) is 88.6 Å². The average molecular weight is 577 g/mol. The lowest BCUT2D eigenvalue weighted by molar-refractivity contribution is -0.139. The lowest BCUT2D eigenvalue weighted by atomic mass is 10.1. The van der Waals surface area contributed by atoms with Gasteiger partial charge in [0.05, 0.1) is 19.2 Å². The Morgan fingerprint density at radius 1 is 0.927 bits per heavy atom. The highest BCUT2D eigenvalue weighted by atomic mass is 32.1. The highest BCUT2D eigenvalue weighted by Crippen LogP contribution is 2.19. The van der Waals surface area contributed by atoms with Crippen LogP contribution in [0.2, 0.25) is 0 Å². The standard InChI is InChI=1S/C29H32N6O5S/c1-39-28(38)18-21-10-7-12-23(16-21)40-19-26(37)31-29-35-34-27(41-29)13-6-5-11-22-14-15-24(33-32-22)30-25(36)17-20-8-3-2-4-9-20/h2-4,7-10,12,14-16,25,36H,5-6,11,13,17-19H2,1H3,(H,30,33)(H,31,35,37). The van der Waals surface area contributed by atoms with Crippen LogP contribution in [-0.4, -0.2) is 57.3 Å². The van der Waals surface area contributed by atoms with Gasteiger partial charge in [-0.05, 0) is 54.7 Å². The van der Waals surface area contributed by atoms with Crippen molar-refractivity contribution >= 4 is 34.2 Å². The molecule has 0 fully saturated rings. The molecule has 2 aromatic carbocycles. The number of hydrogen-bond donors (Lipinski definition) is 3. The number of rotatable bonds is 15. The van der Waals surface area contributed by atoms with Crippen LogP contribution in [-0.2, 0) is 40.0 Å². The van der Waals surface area contributed by atoms with Gasteiger partial charge < -0.3 is 19.9 Å². The zero-order chi connectivity index (χ0) is 28.9. The molecular weight excluding hydrogens is 544 g/mol. The molecule has 1 unspecified atom stereocenters. The molecule has 0 spiro atoms. The van der Waals surface area contributed by atoms with E-state index in [0.29, 0.717) is 23.1 Å². The smallest absolute Gasteiger partial charge is 0.309 e. The summed E-state index contributed by atoms with van der Waals surface area (Å²) in [5, 5.41) is 33.8. The number of ether oxygens (including phenoxy) is 2. The summed E-state index contributed by atoms with van der Waals surface area (Å²) in [6.07, 6.45) is 3.13. The molecule has 0 aliphatic heterocycles. The Morgan fingerprint density at radius 3 is 2.51 bits per heavy atom. The van der Waals surface area contributed by atoms with E-state index in [0.717, 1.165) is 47.5 Å². The maximum Gasteiger partial charge on any atom is 0.309 e. The van der Waals surface area contributed by atoms with Gasteiger partial charge in [-0.2, -0.15) is 5.10 Å². The second kappa shape index (κ2) is 15.4. The first-order valence-electron chi connectivity index (χ1n) is 13.2. The maximum atomic E-state index is 12.3. The fourth-order valence-corrected chi connectivity index (χ4v) is 4.70. The molecular formula is C29H32N6O5S. The average Bonchev–Trinajstić information content (AvgIpc) is 3.42. The first-order chi connectivity index (χ1) is 20.0. The number of aliphatic hydroxyl groups is 1. The number of aliphatic hydroxyl groups excluding tert-OH is 1. The van der Waals surface area contributed by atoms with E-state index >= 15 is 0 Å². The molecule has 4 rings (SSSR count). The Hall–Kier alpha value is -4.42. The van der Waals surface area contributed by atoms with Crippen LogP contribution in [0.1, 0.15) is 34.7 Å². The number of carbonyl (C=O) groups excluding carboxylic acids is 2. The van der Waals surface area contributed by atoms with Crippen LogP contribution in [0.5, 0.6) is 5.75 Å². The fourth-order valence-electron chi connectivity index (χ4n) is 3.91. The Balaban J connectivity index is 1.12. The number of nitrogens with zero attached hydrogens (tertiary/aromatic N) is 4. The molecule has 1 atom stereocenters. The van der Waals surface area contributed by atoms with E-state index in [1.165, 1.54) is 18.4 Å². The molecule has 41 heavy (non-hydrogen) atoms. The van der Waals surface area contributed by atoms with E-state index in [1.54, 1.807) is 24.3 Å². The van der Waals surface area contributed by atoms with Crippen molar-refractivity contribution in [1.82, 2.24) is 20.4 Å². The minimum absolute atomic E-state index is 0.130. The van der Waals surface area contributed by atoms with E-state index in [9.17, 15) is 14.7 Å². The van der Waals surface area contributed by atoms with Gasteiger partial charge in [0.25, 0.3) is 5.91 Å². The summed E-state index contributed by atoms with van der Waals surface area (Å²) in [6.45, 7) is -0.197. The van der Waals surface area contributed by atoms with E-state index in [4.69, 9.17) is 4.74 Å². The Bertz CT molecular complexity index is 1400. The normalized spacial score (nSPS) is 11.5. The number of carbonyl (C=O) groups is 2. The van der Waals surface area contributed by atoms with Crippen LogP contribution in [0.4, 0.5) is 10.9 Å². The molecule has 0 bridgehead atoms. The summed E-state index contributed by atoms with van der Waals surface area (Å²) in [6, 6.07) is 20.4. The molecule has 2 heterocycles. The molecule has 3 N–H and O–H groups in total. The first kappa shape index (κ1) is 29.6. The zero-order valence-corrected chi connectivity index (χ0v) is 23.5. The van der Waals surface area contributed by atoms with E-state index < -0.39 is 6.23 Å². The van der Waals surface area contributed by atoms with Gasteiger partial charge in [-0.1, -0.05) is 53.8 Å². The van der Waals surface area contributed by atoms with Crippen molar-refractivity contribution in [2.24, 2.45) is 0 Å². The summed E-state index contributed by atoms with van der Waals surface area (Å²) in [4.78, 5) is 23.7. The van der Waals surface area contributed by atoms with E-state index in [-0.39, 0.29) is 24.9 Å². The number of nitrogens with one attached hydrogen (secondary N) is 2. The lowest BCUT2D eigenvalue weighted by Gasteiger charge is -2.13. The molecule has 0 radical (unpaired) electrons. The summed E-state index contributed by atoms with van der Waals surface area (Å²) >= 11 is 1.33. The summed E-state index contributed by atoms with van der Waals surface area (Å²) in [5.74, 6) is 0.308. The third-order valence-electron chi connectivity index (χ3n) is 5.94. The van der Waals surface area contributed by atoms with E-state index in [2.05, 4.69) is 35.8 Å². The Kier molecular flexibility index (Phi) is 11.1. The largest absolute Gasteiger partial charge is 0.484 e. The van der Waals surface area contributed by atoms with Gasteiger partial charge in [-0.3, -0.25) is 14.9 Å². The van der Waals surface area contributed by atoms with E-state index in [1.807, 2.05) is 42.5 Å². The second-order valence-electron chi connectivity index (χ2n) is 9.20. The number of aryl methyl sites for hydroxylation is 2. The van der Waals surface area contributed by atoms with Crippen molar-refractivity contribution in [3.8, 4) is 5.75 Å². The van der Waals surface area contributed by atoms with Gasteiger partial charge in [-0.15, -0.1) is 15.3 Å². The lowest BCUT2D eigenvalue weighted by Crippen LogP contribution is -2.22. The van der Waals surface area contributed by atoms with Crippen LogP contribution in [0.15, 0.2) is 66.7 Å². The van der Waals surface area contributed by atoms with Gasteiger partial charge in [0.2, 0.25) is 5.13 Å². The number of esters is 1. The van der Waals surface area contributed by atoms with Crippen LogP contribution < -0.4 is 15.4 Å². The number of unbranched alkanes of at least 4 members (excludes halogenated alkanes) is 1. The van der Waals surface area contributed by atoms with Gasteiger partial charge in [0.1, 0.15) is 17.0 Å². The Labute approximate surface area is 242 Å². The number of aromatic nitrogens is 4. The monoisotopic (exact) mass is 576 g/mol. The predicted octanol–water partition coefficient (Wildman–Crippen LogP) is 3.60. The number of methoxy groups -OCH3 is 1. The third-order valence-corrected chi connectivity index (χ3v) is 6.84. The minimum atomic E-state index is -0.747. The molecule has 0 saturated carbocycles. The SMILES string of the molecule is COC(=O)Cc1cccc(OCC(=O)Nc2nnc(CCCCc3ccc(NC(O)Cc4ccccc4)nn3)s2)c1. The van der Waals surface area contributed by atoms with Crippen molar-refractivity contribution in [2.75, 3.05) is 24.4 Å². The van der Waals surface area contributed by atoms with Crippen molar-refractivity contribution in [2.45, 2.75) is 44.8 Å². The number of hydrogen-bond acceptors (Lipinski definition) is 11. The highest BCUT2D eigenvalue weighted by molar-refractivity contribution is 7.15. The molecule has 0 saturated heterocycles. The third kappa shape index (κ3) is 10.2. The molecule has 2 aromatic heterocycles. The highest BCUT2D eigenvalue weighted by Gasteiger charge is 2.11. The molecule has 0 aliphatic rings. The number of anilines is 2. The molecule has 11 nitrogen and oxygen atoms in total. The molecule has 214 valence electrons. The first-order valence-corrected chi connectivity index (χ1v) is 14.0. The quantitative estimate of drug-likeness (QED) is 0.109. The van der Waals surface area contributed by atoms with Crippen LogP contribution in [0, 0.1) is 0 Å². The molecule has 4 aromatic rings. The van der Waals surface area contributed by atoms with Crippen LogP contribution in [0.3, 0.4) is 0 Å². The van der Waals surface area contributed by atoms with Gasteiger partial charge in [0.15, 0.2) is 12.4 Å². The summed E-state index contributed by atoms with van der Waals surface area (Å²) in [7, 11) is 1.33. The fraction of sp³-hybridized carbons (Fsp3) is 0.310. The van der Waals surface area contributed by atoms with Crippen LogP contribution >= 0.6 is 11.3 Å². The molecule has 0 aliphatic carbocycles. The number of benzene rings is 2. The van der Waals surface area contributed by atoms with Crippen molar-refractivity contribution in [1.29, 1.82) is 0 Å². The predicted molar refractivity (Wildman–Crippen MR) is 155 cm³/mol. The molecule has 1 amide bonds. The van der Waals surface area contributed by atoms with Gasteiger partial charge in [0, 0.05) is 12.8 Å². The number of amides is 1. The maximum absolute atomic E-state index is 12.3. The van der Waals surface area contributed by atoms with Crippen LogP contribution in [0.25, 0.3) is 0 Å².